The second-order valence-corrected chi connectivity index (χ2v) is 3.73. The molecule has 0 fully saturated rings. The Morgan fingerprint density at radius 2 is 1.82 bits per heavy atom. The number of benzene rings is 2. The predicted octanol–water partition coefficient (Wildman–Crippen LogP) is 3.00. The van der Waals surface area contributed by atoms with Gasteiger partial charge in [-0.15, -0.1) is 0 Å². The van der Waals surface area contributed by atoms with Gasteiger partial charge in [0.25, 0.3) is 0 Å². The van der Waals surface area contributed by atoms with E-state index in [-0.39, 0.29) is 0 Å². The van der Waals surface area contributed by atoms with Gasteiger partial charge in [-0.2, -0.15) is 0 Å². The fraction of sp³-hybridized carbons (Fsp3) is 0.0714. The second-order valence-electron chi connectivity index (χ2n) is 3.73. The van der Waals surface area contributed by atoms with E-state index in [0.29, 0.717) is 12.1 Å². The monoisotopic (exact) mass is 227 g/mol. The van der Waals surface area contributed by atoms with Gasteiger partial charge in [0.1, 0.15) is 0 Å². The number of anilines is 1. The maximum atomic E-state index is 10.8. The number of hydrogen-bond acceptors (Lipinski definition) is 2. The van der Waals surface area contributed by atoms with E-state index in [1.54, 1.807) is 18.2 Å². The standard InChI is InChI=1S/C14H13NO2/c16-14(17)12-6-4-5-11(9-12)10-15-13-7-2-1-3-8-13/h1-9,15H,10H2,(H,16,17). The summed E-state index contributed by atoms with van der Waals surface area (Å²) in [5, 5.41) is 12.1. The van der Waals surface area contributed by atoms with Crippen molar-refractivity contribution in [1.29, 1.82) is 0 Å². The summed E-state index contributed by atoms with van der Waals surface area (Å²) in [4.78, 5) is 10.8. The van der Waals surface area contributed by atoms with Crippen LogP contribution in [-0.2, 0) is 6.54 Å². The number of carboxylic acid groups (broad SMARTS) is 1. The van der Waals surface area contributed by atoms with E-state index in [0.717, 1.165) is 11.3 Å². The molecule has 0 bridgehead atoms. The largest absolute Gasteiger partial charge is 0.478 e. The third-order valence-corrected chi connectivity index (χ3v) is 2.44. The predicted molar refractivity (Wildman–Crippen MR) is 67.2 cm³/mol. The molecule has 0 aliphatic carbocycles. The second kappa shape index (κ2) is 5.16. The zero-order valence-corrected chi connectivity index (χ0v) is 9.26. The highest BCUT2D eigenvalue weighted by Crippen LogP contribution is 2.10. The molecular formula is C14H13NO2. The molecule has 0 spiro atoms. The first kappa shape index (κ1) is 11.2. The first-order valence-corrected chi connectivity index (χ1v) is 5.37. The number of carbonyl (C=O) groups is 1. The molecule has 0 aliphatic rings. The summed E-state index contributed by atoms with van der Waals surface area (Å²) in [6, 6.07) is 16.7. The quantitative estimate of drug-likeness (QED) is 0.844. The van der Waals surface area contributed by atoms with Crippen molar-refractivity contribution in [3.05, 3.63) is 65.7 Å². The normalized spacial score (nSPS) is 9.88. The van der Waals surface area contributed by atoms with E-state index in [1.165, 1.54) is 0 Å². The van der Waals surface area contributed by atoms with Crippen LogP contribution in [0.4, 0.5) is 5.69 Å². The lowest BCUT2D eigenvalue weighted by atomic mass is 10.1. The summed E-state index contributed by atoms with van der Waals surface area (Å²) < 4.78 is 0. The summed E-state index contributed by atoms with van der Waals surface area (Å²) >= 11 is 0. The average molecular weight is 227 g/mol. The van der Waals surface area contributed by atoms with Crippen LogP contribution in [0.5, 0.6) is 0 Å². The molecule has 0 radical (unpaired) electrons. The topological polar surface area (TPSA) is 49.3 Å². The van der Waals surface area contributed by atoms with Crippen LogP contribution in [-0.4, -0.2) is 11.1 Å². The molecule has 0 aliphatic heterocycles. The average Bonchev–Trinajstić information content (AvgIpc) is 2.38. The van der Waals surface area contributed by atoms with E-state index in [1.807, 2.05) is 36.4 Å². The highest BCUT2D eigenvalue weighted by molar-refractivity contribution is 5.87. The van der Waals surface area contributed by atoms with E-state index >= 15 is 0 Å². The molecule has 2 aromatic carbocycles. The zero-order chi connectivity index (χ0) is 12.1. The van der Waals surface area contributed by atoms with Gasteiger partial charge in [0.05, 0.1) is 5.56 Å². The van der Waals surface area contributed by atoms with E-state index in [4.69, 9.17) is 5.11 Å². The van der Waals surface area contributed by atoms with Gasteiger partial charge in [-0.1, -0.05) is 30.3 Å². The zero-order valence-electron chi connectivity index (χ0n) is 9.26. The summed E-state index contributed by atoms with van der Waals surface area (Å²) in [6.07, 6.45) is 0. The maximum absolute atomic E-state index is 10.8. The number of hydrogen-bond donors (Lipinski definition) is 2. The van der Waals surface area contributed by atoms with Crippen LogP contribution in [0.3, 0.4) is 0 Å². The van der Waals surface area contributed by atoms with Crippen molar-refractivity contribution in [2.24, 2.45) is 0 Å². The molecule has 0 heterocycles. The number of aromatic carboxylic acids is 1. The SMILES string of the molecule is O=C(O)c1cccc(CNc2ccccc2)c1. The van der Waals surface area contributed by atoms with Gasteiger partial charge in [0.15, 0.2) is 0 Å². The molecule has 3 heteroatoms. The van der Waals surface area contributed by atoms with E-state index in [2.05, 4.69) is 5.32 Å². The molecule has 0 atom stereocenters. The minimum atomic E-state index is -0.897. The number of carboxylic acids is 1. The summed E-state index contributed by atoms with van der Waals surface area (Å²) in [7, 11) is 0. The summed E-state index contributed by atoms with van der Waals surface area (Å²) in [6.45, 7) is 0.616. The molecule has 86 valence electrons. The molecule has 3 nitrogen and oxygen atoms in total. The lowest BCUT2D eigenvalue weighted by Gasteiger charge is -2.06. The highest BCUT2D eigenvalue weighted by Gasteiger charge is 2.02. The Morgan fingerprint density at radius 3 is 2.53 bits per heavy atom. The highest BCUT2D eigenvalue weighted by atomic mass is 16.4. The van der Waals surface area contributed by atoms with Crippen LogP contribution in [0, 0.1) is 0 Å². The first-order chi connectivity index (χ1) is 8.25. The van der Waals surface area contributed by atoms with Crippen LogP contribution in [0.25, 0.3) is 0 Å². The van der Waals surface area contributed by atoms with Crippen molar-refractivity contribution >= 4 is 11.7 Å². The Labute approximate surface area is 99.7 Å². The van der Waals surface area contributed by atoms with Gasteiger partial charge in [0.2, 0.25) is 0 Å². The molecule has 0 amide bonds. The third-order valence-electron chi connectivity index (χ3n) is 2.44. The van der Waals surface area contributed by atoms with Crippen LogP contribution in [0.1, 0.15) is 15.9 Å². The first-order valence-electron chi connectivity index (χ1n) is 5.37. The lowest BCUT2D eigenvalue weighted by molar-refractivity contribution is 0.0697. The molecule has 0 saturated heterocycles. The molecule has 17 heavy (non-hydrogen) atoms. The number of para-hydroxylation sites is 1. The van der Waals surface area contributed by atoms with Crippen molar-refractivity contribution in [2.45, 2.75) is 6.54 Å². The molecule has 2 N–H and O–H groups in total. The number of rotatable bonds is 4. The lowest BCUT2D eigenvalue weighted by Crippen LogP contribution is -2.02. The molecule has 0 saturated carbocycles. The van der Waals surface area contributed by atoms with Crippen LogP contribution in [0.15, 0.2) is 54.6 Å². The fourth-order valence-electron chi connectivity index (χ4n) is 1.57. The van der Waals surface area contributed by atoms with Gasteiger partial charge in [0, 0.05) is 12.2 Å². The minimum absolute atomic E-state index is 0.317. The van der Waals surface area contributed by atoms with E-state index in [9.17, 15) is 4.79 Å². The molecular weight excluding hydrogens is 214 g/mol. The summed E-state index contributed by atoms with van der Waals surface area (Å²) in [5.74, 6) is -0.897. The van der Waals surface area contributed by atoms with E-state index < -0.39 is 5.97 Å². The van der Waals surface area contributed by atoms with Crippen LogP contribution >= 0.6 is 0 Å². The van der Waals surface area contributed by atoms with Crippen molar-refractivity contribution in [3.63, 3.8) is 0 Å². The van der Waals surface area contributed by atoms with Crippen molar-refractivity contribution in [3.8, 4) is 0 Å². The summed E-state index contributed by atoms with van der Waals surface area (Å²) in [5.41, 5.74) is 2.29. The molecule has 2 aromatic rings. The van der Waals surface area contributed by atoms with Gasteiger partial charge >= 0.3 is 5.97 Å². The van der Waals surface area contributed by atoms with Gasteiger partial charge < -0.3 is 10.4 Å². The van der Waals surface area contributed by atoms with Gasteiger partial charge in [-0.05, 0) is 29.8 Å². The smallest absolute Gasteiger partial charge is 0.335 e. The Bertz CT molecular complexity index is 509. The Morgan fingerprint density at radius 1 is 1.06 bits per heavy atom. The maximum Gasteiger partial charge on any atom is 0.335 e. The number of nitrogens with one attached hydrogen (secondary N) is 1. The fourth-order valence-corrected chi connectivity index (χ4v) is 1.57. The Kier molecular flexibility index (Phi) is 3.40. The Balaban J connectivity index is 2.04. The van der Waals surface area contributed by atoms with Crippen molar-refractivity contribution < 1.29 is 9.90 Å². The minimum Gasteiger partial charge on any atom is -0.478 e. The molecule has 0 unspecified atom stereocenters. The van der Waals surface area contributed by atoms with Crippen molar-refractivity contribution in [2.75, 3.05) is 5.32 Å². The molecule has 0 aromatic heterocycles. The van der Waals surface area contributed by atoms with Gasteiger partial charge in [-0.25, -0.2) is 4.79 Å². The van der Waals surface area contributed by atoms with Crippen LogP contribution in [0.2, 0.25) is 0 Å². The Hall–Kier alpha value is -2.29. The van der Waals surface area contributed by atoms with Gasteiger partial charge in [-0.3, -0.25) is 0 Å². The third kappa shape index (κ3) is 3.08. The van der Waals surface area contributed by atoms with Crippen molar-refractivity contribution in [1.82, 2.24) is 0 Å². The molecule has 2 rings (SSSR count). The van der Waals surface area contributed by atoms with Crippen LogP contribution < -0.4 is 5.32 Å².